The molecule has 0 aromatic carbocycles. The van der Waals surface area contributed by atoms with Gasteiger partial charge < -0.3 is 15.4 Å². The van der Waals surface area contributed by atoms with E-state index >= 15 is 0 Å². The third-order valence-corrected chi connectivity index (χ3v) is 3.59. The van der Waals surface area contributed by atoms with Crippen molar-refractivity contribution in [3.63, 3.8) is 0 Å². The first kappa shape index (κ1) is 13.3. The number of rotatable bonds is 4. The van der Waals surface area contributed by atoms with E-state index < -0.39 is 0 Å². The lowest BCUT2D eigenvalue weighted by atomic mass is 10.0. The third-order valence-electron chi connectivity index (χ3n) is 3.59. The number of hydrogen-bond donors (Lipinski definition) is 1. The Bertz CT molecular complexity index is 364. The van der Waals surface area contributed by atoms with E-state index in [2.05, 4.69) is 16.9 Å². The fraction of sp³-hybridized carbons (Fsp3) is 0.643. The van der Waals surface area contributed by atoms with Gasteiger partial charge in [0.25, 0.3) is 0 Å². The highest BCUT2D eigenvalue weighted by Gasteiger charge is 2.19. The Hall–Kier alpha value is -1.13. The summed E-state index contributed by atoms with van der Waals surface area (Å²) in [6, 6.07) is 4.40. The van der Waals surface area contributed by atoms with Crippen LogP contribution in [0.25, 0.3) is 0 Å². The summed E-state index contributed by atoms with van der Waals surface area (Å²) in [5, 5.41) is 0. The lowest BCUT2D eigenvalue weighted by molar-refractivity contribution is 0.125. The molecular weight excluding hydrogens is 226 g/mol. The van der Waals surface area contributed by atoms with Gasteiger partial charge >= 0.3 is 0 Å². The van der Waals surface area contributed by atoms with Crippen LogP contribution < -0.4 is 10.5 Å². The monoisotopic (exact) mass is 249 g/mol. The van der Waals surface area contributed by atoms with Crippen LogP contribution >= 0.6 is 0 Å². The minimum atomic E-state index is -0.0245. The van der Waals surface area contributed by atoms with Crippen molar-refractivity contribution in [3.05, 3.63) is 24.0 Å². The molecule has 2 atom stereocenters. The van der Waals surface area contributed by atoms with Gasteiger partial charge in [0.15, 0.2) is 0 Å². The van der Waals surface area contributed by atoms with Crippen molar-refractivity contribution in [3.8, 4) is 5.75 Å². The number of nitrogens with two attached hydrogens (primary N) is 1. The molecule has 4 heteroatoms. The summed E-state index contributed by atoms with van der Waals surface area (Å²) in [6.45, 7) is 3.85. The lowest BCUT2D eigenvalue weighted by Gasteiger charge is -2.32. The zero-order chi connectivity index (χ0) is 13.0. The summed E-state index contributed by atoms with van der Waals surface area (Å²) in [5.41, 5.74) is 6.66. The van der Waals surface area contributed by atoms with E-state index in [1.165, 1.54) is 25.8 Å². The van der Waals surface area contributed by atoms with Crippen LogP contribution in [0.4, 0.5) is 0 Å². The molecule has 0 spiro atoms. The van der Waals surface area contributed by atoms with Crippen LogP contribution in [0.3, 0.4) is 0 Å². The Morgan fingerprint density at radius 1 is 1.50 bits per heavy atom. The van der Waals surface area contributed by atoms with Crippen LogP contribution in [0, 0.1) is 0 Å². The SMILES string of the molecule is C[C@H](N)c1ccc(OCC2CCCCN2C)cn1. The van der Waals surface area contributed by atoms with Crippen LogP contribution in [0.2, 0.25) is 0 Å². The van der Waals surface area contributed by atoms with Gasteiger partial charge in [-0.1, -0.05) is 6.42 Å². The average Bonchev–Trinajstić information content (AvgIpc) is 2.38. The van der Waals surface area contributed by atoms with Gasteiger partial charge in [0.05, 0.1) is 11.9 Å². The van der Waals surface area contributed by atoms with E-state index in [0.29, 0.717) is 6.04 Å². The molecule has 1 aromatic rings. The molecule has 2 heterocycles. The Labute approximate surface area is 109 Å². The van der Waals surface area contributed by atoms with Crippen molar-refractivity contribution >= 4 is 0 Å². The molecule has 0 radical (unpaired) electrons. The molecule has 2 N–H and O–H groups in total. The average molecular weight is 249 g/mol. The molecule has 1 fully saturated rings. The fourth-order valence-electron chi connectivity index (χ4n) is 2.29. The van der Waals surface area contributed by atoms with Gasteiger partial charge in [0, 0.05) is 12.1 Å². The van der Waals surface area contributed by atoms with E-state index in [4.69, 9.17) is 10.5 Å². The van der Waals surface area contributed by atoms with Gasteiger partial charge in [0.1, 0.15) is 12.4 Å². The zero-order valence-corrected chi connectivity index (χ0v) is 11.3. The van der Waals surface area contributed by atoms with Crippen LogP contribution in [0.5, 0.6) is 5.75 Å². The number of likely N-dealkylation sites (tertiary alicyclic amines) is 1. The van der Waals surface area contributed by atoms with E-state index in [9.17, 15) is 0 Å². The standard InChI is InChI=1S/C14H23N3O/c1-11(15)14-7-6-13(9-16-14)18-10-12-5-3-4-8-17(12)2/h6-7,9,11-12H,3-5,8,10,15H2,1-2H3/t11-,12?/m0/s1. The summed E-state index contributed by atoms with van der Waals surface area (Å²) in [5.74, 6) is 0.832. The predicted octanol–water partition coefficient (Wildman–Crippen LogP) is 1.96. The first-order chi connectivity index (χ1) is 8.66. The van der Waals surface area contributed by atoms with E-state index in [0.717, 1.165) is 18.1 Å². The number of likely N-dealkylation sites (N-methyl/N-ethyl adjacent to an activating group) is 1. The van der Waals surface area contributed by atoms with Crippen molar-refractivity contribution in [2.45, 2.75) is 38.3 Å². The minimum Gasteiger partial charge on any atom is -0.490 e. The number of ether oxygens (including phenoxy) is 1. The summed E-state index contributed by atoms with van der Waals surface area (Å²) in [4.78, 5) is 6.68. The summed E-state index contributed by atoms with van der Waals surface area (Å²) in [7, 11) is 2.17. The maximum atomic E-state index is 5.81. The molecule has 0 saturated carbocycles. The Morgan fingerprint density at radius 3 is 2.94 bits per heavy atom. The molecule has 18 heavy (non-hydrogen) atoms. The molecule has 0 aliphatic carbocycles. The smallest absolute Gasteiger partial charge is 0.137 e. The highest BCUT2D eigenvalue weighted by Crippen LogP contribution is 2.17. The predicted molar refractivity (Wildman–Crippen MR) is 72.6 cm³/mol. The van der Waals surface area contributed by atoms with Gasteiger partial charge in [-0.05, 0) is 45.5 Å². The molecule has 1 aliphatic heterocycles. The van der Waals surface area contributed by atoms with E-state index in [1.54, 1.807) is 6.20 Å². The zero-order valence-electron chi connectivity index (χ0n) is 11.3. The van der Waals surface area contributed by atoms with Gasteiger partial charge in [0.2, 0.25) is 0 Å². The topological polar surface area (TPSA) is 51.4 Å². The van der Waals surface area contributed by atoms with Crippen LogP contribution in [-0.4, -0.2) is 36.1 Å². The molecule has 1 saturated heterocycles. The number of nitrogens with zero attached hydrogens (tertiary/aromatic N) is 2. The molecule has 1 unspecified atom stereocenters. The Kier molecular flexibility index (Phi) is 4.55. The number of piperidine rings is 1. The molecule has 100 valence electrons. The second kappa shape index (κ2) is 6.16. The minimum absolute atomic E-state index is 0.0245. The summed E-state index contributed by atoms with van der Waals surface area (Å²) in [6.07, 6.45) is 5.60. The van der Waals surface area contributed by atoms with Crippen molar-refractivity contribution in [2.75, 3.05) is 20.2 Å². The third kappa shape index (κ3) is 3.43. The first-order valence-electron chi connectivity index (χ1n) is 6.71. The fourth-order valence-corrected chi connectivity index (χ4v) is 2.29. The highest BCUT2D eigenvalue weighted by molar-refractivity contribution is 5.21. The van der Waals surface area contributed by atoms with Crippen molar-refractivity contribution in [2.24, 2.45) is 5.73 Å². The lowest BCUT2D eigenvalue weighted by Crippen LogP contribution is -2.40. The van der Waals surface area contributed by atoms with Crippen LogP contribution in [0.1, 0.15) is 37.9 Å². The molecule has 4 nitrogen and oxygen atoms in total. The molecular formula is C14H23N3O. The highest BCUT2D eigenvalue weighted by atomic mass is 16.5. The van der Waals surface area contributed by atoms with Gasteiger partial charge in [-0.15, -0.1) is 0 Å². The van der Waals surface area contributed by atoms with Gasteiger partial charge in [-0.25, -0.2) is 0 Å². The molecule has 1 aromatic heterocycles. The first-order valence-corrected chi connectivity index (χ1v) is 6.71. The normalized spacial score (nSPS) is 22.7. The van der Waals surface area contributed by atoms with Gasteiger partial charge in [-0.2, -0.15) is 0 Å². The quantitative estimate of drug-likeness (QED) is 0.886. The number of pyridine rings is 1. The largest absolute Gasteiger partial charge is 0.490 e. The van der Waals surface area contributed by atoms with Crippen LogP contribution in [0.15, 0.2) is 18.3 Å². The maximum absolute atomic E-state index is 5.81. The summed E-state index contributed by atoms with van der Waals surface area (Å²) < 4.78 is 5.81. The molecule has 1 aliphatic rings. The molecule has 0 bridgehead atoms. The molecule has 0 amide bonds. The Morgan fingerprint density at radius 2 is 2.33 bits per heavy atom. The van der Waals surface area contributed by atoms with E-state index in [1.807, 2.05) is 19.1 Å². The van der Waals surface area contributed by atoms with Crippen LogP contribution in [-0.2, 0) is 0 Å². The van der Waals surface area contributed by atoms with Crippen molar-refractivity contribution in [1.29, 1.82) is 0 Å². The second-order valence-electron chi connectivity index (χ2n) is 5.15. The van der Waals surface area contributed by atoms with Crippen molar-refractivity contribution in [1.82, 2.24) is 9.88 Å². The number of aromatic nitrogens is 1. The van der Waals surface area contributed by atoms with Gasteiger partial charge in [-0.3, -0.25) is 4.98 Å². The number of hydrogen-bond acceptors (Lipinski definition) is 4. The van der Waals surface area contributed by atoms with E-state index in [-0.39, 0.29) is 6.04 Å². The summed E-state index contributed by atoms with van der Waals surface area (Å²) >= 11 is 0. The van der Waals surface area contributed by atoms with Crippen molar-refractivity contribution < 1.29 is 4.74 Å². The second-order valence-corrected chi connectivity index (χ2v) is 5.15. The Balaban J connectivity index is 1.85. The maximum Gasteiger partial charge on any atom is 0.137 e. The molecule has 2 rings (SSSR count).